The minimum Gasteiger partial charge on any atom is -0.508 e. The highest BCUT2D eigenvalue weighted by Crippen LogP contribution is 2.28. The lowest BCUT2D eigenvalue weighted by atomic mass is 9.87. The van der Waals surface area contributed by atoms with Crippen molar-refractivity contribution in [1.82, 2.24) is 5.32 Å². The highest BCUT2D eigenvalue weighted by atomic mass is 16.5. The largest absolute Gasteiger partial charge is 0.508 e. The molecule has 0 spiro atoms. The van der Waals surface area contributed by atoms with E-state index in [0.29, 0.717) is 11.3 Å². The Hall–Kier alpha value is -4.36. The fourth-order valence-electron chi connectivity index (χ4n) is 3.49. The van der Waals surface area contributed by atoms with Crippen molar-refractivity contribution < 1.29 is 34.8 Å². The van der Waals surface area contributed by atoms with E-state index in [1.54, 1.807) is 36.4 Å². The summed E-state index contributed by atoms with van der Waals surface area (Å²) in [5.41, 5.74) is 5.15. The molecule has 39 heavy (non-hydrogen) atoms. The zero-order valence-electron chi connectivity index (χ0n) is 21.7. The molecular weight excluding hydrogens is 500 g/mol. The van der Waals surface area contributed by atoms with Crippen LogP contribution in [-0.4, -0.2) is 58.2 Å². The molecule has 0 heterocycles. The summed E-state index contributed by atoms with van der Waals surface area (Å²) in [6.45, 7) is 1.60. The van der Waals surface area contributed by atoms with Gasteiger partial charge in [0.1, 0.15) is 18.0 Å². The third-order valence-corrected chi connectivity index (χ3v) is 6.26. The van der Waals surface area contributed by atoms with Crippen LogP contribution in [0.1, 0.15) is 40.9 Å². The molecule has 0 unspecified atom stereocenters. The molecule has 1 amide bonds. The molecule has 0 aromatic heterocycles. The van der Waals surface area contributed by atoms with Crippen molar-refractivity contribution >= 4 is 17.6 Å². The minimum absolute atomic E-state index is 0.0426. The van der Waals surface area contributed by atoms with Crippen molar-refractivity contribution in [2.45, 2.75) is 25.5 Å². The lowest BCUT2D eigenvalue weighted by molar-refractivity contribution is -0.158. The second kappa shape index (κ2) is 12.5. The lowest BCUT2D eigenvalue weighted by Gasteiger charge is -2.33. The SMILES string of the molecule is CC(CO)(CO)COC(=O)[C@@H](NC(=O)c1ccc(C#Cc2ccc(N)cc2)cc1)[C@@](C)(O)c1ccc(O)cc1. The summed E-state index contributed by atoms with van der Waals surface area (Å²) < 4.78 is 5.31. The fourth-order valence-corrected chi connectivity index (χ4v) is 3.49. The van der Waals surface area contributed by atoms with E-state index in [9.17, 15) is 30.0 Å². The Kier molecular flexibility index (Phi) is 9.33. The lowest BCUT2D eigenvalue weighted by Crippen LogP contribution is -2.55. The van der Waals surface area contributed by atoms with Crippen LogP contribution in [0.5, 0.6) is 5.75 Å². The number of ether oxygens (including phenoxy) is 1. The number of aliphatic hydroxyl groups excluding tert-OH is 2. The number of esters is 1. The second-order valence-electron chi connectivity index (χ2n) is 9.78. The predicted octanol–water partition coefficient (Wildman–Crippen LogP) is 1.91. The number of benzene rings is 3. The Bertz CT molecular complexity index is 1340. The van der Waals surface area contributed by atoms with Gasteiger partial charge in [-0.15, -0.1) is 0 Å². The number of hydrogen-bond donors (Lipinski definition) is 6. The number of aromatic hydroxyl groups is 1. The number of phenolic OH excluding ortho intramolecular Hbond substituents is 1. The van der Waals surface area contributed by atoms with Gasteiger partial charge in [0.25, 0.3) is 5.91 Å². The summed E-state index contributed by atoms with van der Waals surface area (Å²) in [5.74, 6) is 4.34. The summed E-state index contributed by atoms with van der Waals surface area (Å²) in [6.07, 6.45) is 0. The number of nitrogen functional groups attached to an aromatic ring is 1. The molecule has 0 radical (unpaired) electrons. The van der Waals surface area contributed by atoms with E-state index in [4.69, 9.17) is 10.5 Å². The van der Waals surface area contributed by atoms with Gasteiger partial charge in [-0.05, 0) is 73.2 Å². The highest BCUT2D eigenvalue weighted by Gasteiger charge is 2.42. The van der Waals surface area contributed by atoms with E-state index in [1.807, 2.05) is 0 Å². The van der Waals surface area contributed by atoms with Gasteiger partial charge < -0.3 is 36.2 Å². The van der Waals surface area contributed by atoms with Crippen LogP contribution in [0.3, 0.4) is 0 Å². The first-order chi connectivity index (χ1) is 18.5. The molecule has 0 saturated heterocycles. The third kappa shape index (κ3) is 7.58. The van der Waals surface area contributed by atoms with E-state index < -0.39 is 42.1 Å². The van der Waals surface area contributed by atoms with E-state index in [2.05, 4.69) is 17.2 Å². The predicted molar refractivity (Wildman–Crippen MR) is 145 cm³/mol. The number of nitrogens with two attached hydrogens (primary N) is 1. The molecule has 0 fully saturated rings. The molecule has 2 atom stereocenters. The van der Waals surface area contributed by atoms with Crippen molar-refractivity contribution in [3.8, 4) is 17.6 Å². The Morgan fingerprint density at radius 3 is 1.92 bits per heavy atom. The molecule has 0 saturated carbocycles. The molecule has 0 aliphatic rings. The maximum atomic E-state index is 13.1. The van der Waals surface area contributed by atoms with Gasteiger partial charge in [-0.1, -0.05) is 30.9 Å². The standard InChI is InChI=1S/C30H32N2O7/c1-29(17-33,18-34)19-39-28(37)26(30(2,38)23-11-15-25(35)16-12-23)32-27(36)22-9-5-20(6-10-22)3-4-21-7-13-24(31)14-8-21/h5-16,26,33-35,38H,17-19,31H2,1-2H3,(H,32,36)/t26-,30+/m1/s1. The molecular formula is C30H32N2O7. The minimum atomic E-state index is -1.94. The Balaban J connectivity index is 1.82. The van der Waals surface area contributed by atoms with E-state index in [0.717, 1.165) is 5.56 Å². The molecule has 9 heteroatoms. The van der Waals surface area contributed by atoms with Crippen LogP contribution in [0.2, 0.25) is 0 Å². The molecule has 204 valence electrons. The molecule has 0 aliphatic heterocycles. The van der Waals surface area contributed by atoms with Gasteiger partial charge in [0.15, 0.2) is 6.04 Å². The smallest absolute Gasteiger partial charge is 0.332 e. The molecule has 3 aromatic carbocycles. The number of phenols is 1. The van der Waals surface area contributed by atoms with Gasteiger partial charge in [0, 0.05) is 27.8 Å². The van der Waals surface area contributed by atoms with E-state index in [1.165, 1.54) is 50.2 Å². The Morgan fingerprint density at radius 2 is 1.41 bits per heavy atom. The molecule has 3 aromatic rings. The number of hydrogen-bond acceptors (Lipinski definition) is 8. The number of carbonyl (C=O) groups excluding carboxylic acids is 2. The van der Waals surface area contributed by atoms with Gasteiger partial charge >= 0.3 is 5.97 Å². The number of amides is 1. The molecule has 9 nitrogen and oxygen atoms in total. The first-order valence-electron chi connectivity index (χ1n) is 12.2. The van der Waals surface area contributed by atoms with Crippen LogP contribution in [0.25, 0.3) is 0 Å². The Labute approximate surface area is 226 Å². The summed E-state index contributed by atoms with van der Waals surface area (Å²) >= 11 is 0. The van der Waals surface area contributed by atoms with Crippen molar-refractivity contribution in [3.63, 3.8) is 0 Å². The summed E-state index contributed by atoms with van der Waals surface area (Å²) in [4.78, 5) is 26.3. The van der Waals surface area contributed by atoms with Crippen molar-refractivity contribution in [2.75, 3.05) is 25.6 Å². The fraction of sp³-hybridized carbons (Fsp3) is 0.267. The van der Waals surface area contributed by atoms with Crippen LogP contribution >= 0.6 is 0 Å². The van der Waals surface area contributed by atoms with Gasteiger partial charge in [-0.2, -0.15) is 0 Å². The number of nitrogens with one attached hydrogen (secondary N) is 1. The van der Waals surface area contributed by atoms with Crippen LogP contribution in [0, 0.1) is 17.3 Å². The topological polar surface area (TPSA) is 162 Å². The monoisotopic (exact) mass is 532 g/mol. The number of rotatable bonds is 9. The molecule has 0 bridgehead atoms. The van der Waals surface area contributed by atoms with Gasteiger partial charge in [-0.25, -0.2) is 4.79 Å². The van der Waals surface area contributed by atoms with Crippen LogP contribution in [0.4, 0.5) is 5.69 Å². The van der Waals surface area contributed by atoms with Crippen LogP contribution in [0.15, 0.2) is 72.8 Å². The molecule has 3 rings (SSSR count). The summed E-state index contributed by atoms with van der Waals surface area (Å²) in [6, 6.07) is 17.4. The second-order valence-corrected chi connectivity index (χ2v) is 9.78. The number of aliphatic hydroxyl groups is 3. The molecule has 7 N–H and O–H groups in total. The average Bonchev–Trinajstić information content (AvgIpc) is 2.94. The van der Waals surface area contributed by atoms with Gasteiger partial charge in [-0.3, -0.25) is 4.79 Å². The van der Waals surface area contributed by atoms with Crippen molar-refractivity contribution in [3.05, 3.63) is 95.1 Å². The van der Waals surface area contributed by atoms with E-state index >= 15 is 0 Å². The zero-order chi connectivity index (χ0) is 28.6. The average molecular weight is 533 g/mol. The van der Waals surface area contributed by atoms with Crippen LogP contribution < -0.4 is 11.1 Å². The maximum Gasteiger partial charge on any atom is 0.332 e. The highest BCUT2D eigenvalue weighted by molar-refractivity contribution is 5.97. The van der Waals surface area contributed by atoms with E-state index in [-0.39, 0.29) is 23.5 Å². The summed E-state index contributed by atoms with van der Waals surface area (Å²) in [7, 11) is 0. The normalized spacial score (nSPS) is 13.4. The number of carbonyl (C=O) groups is 2. The van der Waals surface area contributed by atoms with Gasteiger partial charge in [0.2, 0.25) is 0 Å². The van der Waals surface area contributed by atoms with Crippen molar-refractivity contribution in [2.24, 2.45) is 5.41 Å². The first kappa shape index (κ1) is 29.2. The quantitative estimate of drug-likeness (QED) is 0.138. The Morgan fingerprint density at radius 1 is 0.897 bits per heavy atom. The zero-order valence-corrected chi connectivity index (χ0v) is 21.7. The summed E-state index contributed by atoms with van der Waals surface area (Å²) in [5, 5.41) is 42.6. The number of anilines is 1. The van der Waals surface area contributed by atoms with Crippen molar-refractivity contribution in [1.29, 1.82) is 0 Å². The van der Waals surface area contributed by atoms with Crippen LogP contribution in [-0.2, 0) is 15.1 Å². The van der Waals surface area contributed by atoms with Gasteiger partial charge in [0.05, 0.1) is 13.2 Å². The molecule has 0 aliphatic carbocycles. The maximum absolute atomic E-state index is 13.1. The first-order valence-corrected chi connectivity index (χ1v) is 12.2. The third-order valence-electron chi connectivity index (χ3n) is 6.26.